The van der Waals surface area contributed by atoms with Gasteiger partial charge in [-0.05, 0) is 25.1 Å². The highest BCUT2D eigenvalue weighted by Crippen LogP contribution is 2.36. The molecule has 1 aromatic rings. The summed E-state index contributed by atoms with van der Waals surface area (Å²) in [6.07, 6.45) is 0. The molecule has 1 aromatic carbocycles. The predicted octanol–water partition coefficient (Wildman–Crippen LogP) is 1.11. The van der Waals surface area contributed by atoms with E-state index in [1.807, 2.05) is 0 Å². The fourth-order valence-electron chi connectivity index (χ4n) is 2.70. The third-order valence-corrected chi connectivity index (χ3v) is 3.90. The SMILES string of the molecule is CCOC(=O)C1=NN(N=O)C2C(=O)N(c3cccc(Cl)c3)C(=O)C12. The van der Waals surface area contributed by atoms with Gasteiger partial charge in [-0.1, -0.05) is 17.7 Å². The summed E-state index contributed by atoms with van der Waals surface area (Å²) in [5.41, 5.74) is -0.0784. The Kier molecular flexibility index (Phi) is 4.02. The first-order valence-corrected chi connectivity index (χ1v) is 7.39. The topological polar surface area (TPSA) is 109 Å². The summed E-state index contributed by atoms with van der Waals surface area (Å²) in [6, 6.07) is 4.80. The van der Waals surface area contributed by atoms with E-state index < -0.39 is 29.7 Å². The minimum absolute atomic E-state index is 0.0594. The summed E-state index contributed by atoms with van der Waals surface area (Å²) < 4.78 is 4.83. The number of hydrogen-bond acceptors (Lipinski definition) is 7. The quantitative estimate of drug-likeness (QED) is 0.457. The maximum atomic E-state index is 12.7. The lowest BCUT2D eigenvalue weighted by Gasteiger charge is -2.16. The van der Waals surface area contributed by atoms with Crippen molar-refractivity contribution in [2.75, 3.05) is 11.5 Å². The first-order chi connectivity index (χ1) is 11.5. The molecule has 9 nitrogen and oxygen atoms in total. The van der Waals surface area contributed by atoms with Crippen LogP contribution in [0.4, 0.5) is 5.69 Å². The summed E-state index contributed by atoms with van der Waals surface area (Å²) in [7, 11) is 0. The molecule has 2 heterocycles. The molecule has 0 spiro atoms. The van der Waals surface area contributed by atoms with E-state index in [4.69, 9.17) is 16.3 Å². The highest BCUT2D eigenvalue weighted by molar-refractivity contribution is 6.46. The summed E-state index contributed by atoms with van der Waals surface area (Å²) in [5, 5.41) is 7.13. The van der Waals surface area contributed by atoms with Crippen molar-refractivity contribution in [3.05, 3.63) is 34.2 Å². The van der Waals surface area contributed by atoms with E-state index in [-0.39, 0.29) is 18.0 Å². The zero-order valence-electron chi connectivity index (χ0n) is 12.4. The number of hydrogen-bond donors (Lipinski definition) is 0. The second-order valence-corrected chi connectivity index (χ2v) is 5.46. The molecule has 2 amide bonds. The van der Waals surface area contributed by atoms with Crippen molar-refractivity contribution in [3.8, 4) is 0 Å². The van der Waals surface area contributed by atoms with Crippen LogP contribution in [-0.4, -0.2) is 41.3 Å². The number of halogens is 1. The van der Waals surface area contributed by atoms with Crippen LogP contribution in [0.5, 0.6) is 0 Å². The molecular formula is C14H11ClN4O5. The van der Waals surface area contributed by atoms with Crippen molar-refractivity contribution >= 4 is 40.8 Å². The van der Waals surface area contributed by atoms with Crippen molar-refractivity contribution in [2.45, 2.75) is 13.0 Å². The molecule has 10 heteroatoms. The summed E-state index contributed by atoms with van der Waals surface area (Å²) in [4.78, 5) is 49.1. The lowest BCUT2D eigenvalue weighted by molar-refractivity contribution is -0.136. The van der Waals surface area contributed by atoms with Crippen LogP contribution in [0.15, 0.2) is 34.7 Å². The number of ether oxygens (including phenoxy) is 1. The average Bonchev–Trinajstić information content (AvgIpc) is 3.05. The van der Waals surface area contributed by atoms with Crippen LogP contribution in [0, 0.1) is 10.8 Å². The molecule has 0 aliphatic carbocycles. The van der Waals surface area contributed by atoms with Crippen molar-refractivity contribution in [1.29, 1.82) is 0 Å². The minimum atomic E-state index is -1.30. The summed E-state index contributed by atoms with van der Waals surface area (Å²) in [5.74, 6) is -3.51. The Hall–Kier alpha value is -2.81. The first kappa shape index (κ1) is 16.1. The monoisotopic (exact) mass is 350 g/mol. The maximum absolute atomic E-state index is 12.7. The van der Waals surface area contributed by atoms with E-state index in [2.05, 4.69) is 10.4 Å². The number of esters is 1. The van der Waals surface area contributed by atoms with Gasteiger partial charge in [0.2, 0.25) is 5.91 Å². The summed E-state index contributed by atoms with van der Waals surface area (Å²) >= 11 is 5.89. The maximum Gasteiger partial charge on any atom is 0.355 e. The van der Waals surface area contributed by atoms with Crippen LogP contribution in [0.25, 0.3) is 0 Å². The molecule has 2 unspecified atom stereocenters. The van der Waals surface area contributed by atoms with E-state index >= 15 is 0 Å². The Balaban J connectivity index is 2.02. The van der Waals surface area contributed by atoms with Gasteiger partial charge < -0.3 is 4.74 Å². The highest BCUT2D eigenvalue weighted by Gasteiger charge is 2.59. The minimum Gasteiger partial charge on any atom is -0.461 e. The Bertz CT molecular complexity index is 780. The van der Waals surface area contributed by atoms with Gasteiger partial charge in [0.15, 0.2) is 11.8 Å². The Morgan fingerprint density at radius 3 is 2.75 bits per heavy atom. The number of benzene rings is 1. The molecule has 2 aliphatic heterocycles. The Morgan fingerprint density at radius 1 is 1.38 bits per heavy atom. The molecule has 3 rings (SSSR count). The third kappa shape index (κ3) is 2.33. The predicted molar refractivity (Wildman–Crippen MR) is 82.9 cm³/mol. The number of nitrogens with zero attached hydrogens (tertiary/aromatic N) is 4. The van der Waals surface area contributed by atoms with Crippen LogP contribution in [0.1, 0.15) is 6.92 Å². The molecule has 0 radical (unpaired) electrons. The molecule has 2 atom stereocenters. The number of nitroso groups, excluding NO2 is 1. The number of rotatable bonds is 4. The van der Waals surface area contributed by atoms with Crippen LogP contribution < -0.4 is 4.90 Å². The number of carbonyl (C=O) groups excluding carboxylic acids is 3. The number of amides is 2. The second kappa shape index (κ2) is 6.00. The van der Waals surface area contributed by atoms with Gasteiger partial charge in [0.1, 0.15) is 5.92 Å². The molecule has 0 aromatic heterocycles. The van der Waals surface area contributed by atoms with Gasteiger partial charge in [-0.25, -0.2) is 9.69 Å². The van der Waals surface area contributed by atoms with E-state index in [0.29, 0.717) is 10.1 Å². The van der Waals surface area contributed by atoms with Crippen molar-refractivity contribution < 1.29 is 19.1 Å². The standard InChI is InChI=1S/C14H11ClN4O5/c1-2-24-14(22)10-9-11(19(16-10)17-23)13(21)18(12(9)20)8-5-3-4-7(15)6-8/h3-6,9,11H,2H2,1H3. The molecule has 2 aliphatic rings. The van der Waals surface area contributed by atoms with Gasteiger partial charge >= 0.3 is 5.97 Å². The number of carbonyl (C=O) groups is 3. The van der Waals surface area contributed by atoms with Crippen molar-refractivity contribution in [1.82, 2.24) is 5.12 Å². The van der Waals surface area contributed by atoms with E-state index in [1.165, 1.54) is 12.1 Å². The lowest BCUT2D eigenvalue weighted by Crippen LogP contribution is -2.36. The van der Waals surface area contributed by atoms with Gasteiger partial charge in [0, 0.05) is 5.02 Å². The largest absolute Gasteiger partial charge is 0.461 e. The molecule has 1 fully saturated rings. The van der Waals surface area contributed by atoms with Gasteiger partial charge in [-0.15, -0.1) is 15.1 Å². The molecule has 1 saturated heterocycles. The zero-order chi connectivity index (χ0) is 17.4. The van der Waals surface area contributed by atoms with Crippen LogP contribution in [-0.2, 0) is 19.1 Å². The molecular weight excluding hydrogens is 340 g/mol. The van der Waals surface area contributed by atoms with Crippen LogP contribution >= 0.6 is 11.6 Å². The Morgan fingerprint density at radius 2 is 2.12 bits per heavy atom. The van der Waals surface area contributed by atoms with E-state index in [9.17, 15) is 19.3 Å². The average molecular weight is 351 g/mol. The second-order valence-electron chi connectivity index (χ2n) is 5.02. The zero-order valence-corrected chi connectivity index (χ0v) is 13.1. The van der Waals surface area contributed by atoms with Crippen molar-refractivity contribution in [3.63, 3.8) is 0 Å². The Labute approximate surface area is 140 Å². The molecule has 124 valence electrons. The lowest BCUT2D eigenvalue weighted by atomic mass is 9.98. The molecule has 0 bridgehead atoms. The van der Waals surface area contributed by atoms with Gasteiger partial charge in [0.05, 0.1) is 17.6 Å². The van der Waals surface area contributed by atoms with Gasteiger partial charge in [-0.3, -0.25) is 9.59 Å². The van der Waals surface area contributed by atoms with Crippen LogP contribution in [0.2, 0.25) is 5.02 Å². The normalized spacial score (nSPS) is 22.5. The van der Waals surface area contributed by atoms with Gasteiger partial charge in [0.25, 0.3) is 5.91 Å². The fraction of sp³-hybridized carbons (Fsp3) is 0.286. The molecule has 0 N–H and O–H groups in total. The van der Waals surface area contributed by atoms with E-state index in [0.717, 1.165) is 4.90 Å². The molecule has 0 saturated carbocycles. The number of hydrazone groups is 1. The highest BCUT2D eigenvalue weighted by atomic mass is 35.5. The van der Waals surface area contributed by atoms with Gasteiger partial charge in [-0.2, -0.15) is 0 Å². The van der Waals surface area contributed by atoms with E-state index in [1.54, 1.807) is 19.1 Å². The smallest absolute Gasteiger partial charge is 0.355 e. The van der Waals surface area contributed by atoms with Crippen LogP contribution in [0.3, 0.4) is 0 Å². The number of fused-ring (bicyclic) bond motifs is 1. The van der Waals surface area contributed by atoms with Crippen molar-refractivity contribution in [2.24, 2.45) is 16.3 Å². The molecule has 24 heavy (non-hydrogen) atoms. The number of anilines is 1. The fourth-order valence-corrected chi connectivity index (χ4v) is 2.89. The third-order valence-electron chi connectivity index (χ3n) is 3.66. The summed E-state index contributed by atoms with van der Waals surface area (Å²) in [6.45, 7) is 1.64. The number of imide groups is 1. The first-order valence-electron chi connectivity index (χ1n) is 7.01.